The number of benzene rings is 1. The van der Waals surface area contributed by atoms with E-state index in [0.29, 0.717) is 11.6 Å². The topological polar surface area (TPSA) is 67.1 Å². The van der Waals surface area contributed by atoms with Crippen LogP contribution in [0, 0.1) is 0 Å². The van der Waals surface area contributed by atoms with Gasteiger partial charge in [0, 0.05) is 11.6 Å². The van der Waals surface area contributed by atoms with E-state index in [4.69, 9.17) is 17.4 Å². The van der Waals surface area contributed by atoms with E-state index < -0.39 is 6.03 Å². The molecule has 0 unspecified atom stereocenters. The Morgan fingerprint density at radius 3 is 2.54 bits per heavy atom. The van der Waals surface area contributed by atoms with Crippen molar-refractivity contribution in [3.63, 3.8) is 0 Å². The van der Waals surface area contributed by atoms with Crippen LogP contribution >= 0.6 is 11.6 Å². The molecule has 4 nitrogen and oxygen atoms in total. The maximum absolute atomic E-state index is 10.7. The van der Waals surface area contributed by atoms with Gasteiger partial charge in [-0.2, -0.15) is 0 Å². The van der Waals surface area contributed by atoms with E-state index in [0.717, 1.165) is 5.56 Å². The smallest absolute Gasteiger partial charge is 0.329 e. The van der Waals surface area contributed by atoms with Crippen LogP contribution < -0.4 is 16.6 Å². The summed E-state index contributed by atoms with van der Waals surface area (Å²) in [5, 5.41) is 3.22. The highest BCUT2D eigenvalue weighted by Crippen LogP contribution is 2.08. The standard InChI is InChI=1S/C8H10ClN3O/c9-7-3-1-6(2-4-7)5-11-8(13)12-10/h1-4H,5,10H2,(H2,11,12,13). The summed E-state index contributed by atoms with van der Waals surface area (Å²) < 4.78 is 0. The predicted octanol–water partition coefficient (Wildman–Crippen LogP) is 1.01. The van der Waals surface area contributed by atoms with E-state index in [1.807, 2.05) is 17.6 Å². The van der Waals surface area contributed by atoms with Crippen LogP contribution in [0.5, 0.6) is 0 Å². The number of rotatable bonds is 2. The quantitative estimate of drug-likeness (QED) is 0.378. The molecule has 0 saturated heterocycles. The molecule has 0 aliphatic heterocycles. The lowest BCUT2D eigenvalue weighted by Crippen LogP contribution is -2.39. The zero-order valence-electron chi connectivity index (χ0n) is 6.88. The van der Waals surface area contributed by atoms with Gasteiger partial charge in [-0.15, -0.1) is 0 Å². The Bertz CT molecular complexity index is 286. The average molecular weight is 200 g/mol. The Morgan fingerprint density at radius 2 is 2.00 bits per heavy atom. The van der Waals surface area contributed by atoms with Gasteiger partial charge < -0.3 is 5.32 Å². The van der Waals surface area contributed by atoms with Gasteiger partial charge in [0.2, 0.25) is 0 Å². The fraction of sp³-hybridized carbons (Fsp3) is 0.125. The highest BCUT2D eigenvalue weighted by Gasteiger charge is 1.96. The van der Waals surface area contributed by atoms with Crippen LogP contribution in [0.15, 0.2) is 24.3 Å². The van der Waals surface area contributed by atoms with Gasteiger partial charge in [0.15, 0.2) is 0 Å². The summed E-state index contributed by atoms with van der Waals surface area (Å²) in [6.07, 6.45) is 0. The zero-order valence-corrected chi connectivity index (χ0v) is 7.64. The first kappa shape index (κ1) is 9.83. The van der Waals surface area contributed by atoms with Gasteiger partial charge in [-0.3, -0.25) is 5.43 Å². The number of nitrogens with one attached hydrogen (secondary N) is 2. The molecule has 0 fully saturated rings. The van der Waals surface area contributed by atoms with Crippen molar-refractivity contribution >= 4 is 17.6 Å². The van der Waals surface area contributed by atoms with Crippen LogP contribution in [-0.2, 0) is 6.54 Å². The van der Waals surface area contributed by atoms with Crippen LogP contribution in [0.3, 0.4) is 0 Å². The molecule has 0 atom stereocenters. The maximum atomic E-state index is 10.7. The van der Waals surface area contributed by atoms with Gasteiger partial charge in [0.1, 0.15) is 0 Å². The molecule has 0 aliphatic carbocycles. The number of urea groups is 1. The third-order valence-corrected chi connectivity index (χ3v) is 1.75. The largest absolute Gasteiger partial charge is 0.333 e. The van der Waals surface area contributed by atoms with Crippen LogP contribution in [0.1, 0.15) is 5.56 Å². The SMILES string of the molecule is NNC(=O)NCc1ccc(Cl)cc1. The van der Waals surface area contributed by atoms with Gasteiger partial charge in [0.05, 0.1) is 0 Å². The Balaban J connectivity index is 2.46. The molecule has 1 aromatic carbocycles. The van der Waals surface area contributed by atoms with E-state index in [2.05, 4.69) is 5.32 Å². The molecule has 0 bridgehead atoms. The van der Waals surface area contributed by atoms with E-state index in [1.165, 1.54) is 0 Å². The molecule has 5 heteroatoms. The van der Waals surface area contributed by atoms with Crippen LogP contribution in [-0.4, -0.2) is 6.03 Å². The molecular formula is C8H10ClN3O. The highest BCUT2D eigenvalue weighted by molar-refractivity contribution is 6.30. The Kier molecular flexibility index (Phi) is 3.54. The lowest BCUT2D eigenvalue weighted by molar-refractivity contribution is 0.241. The number of nitrogens with two attached hydrogens (primary N) is 1. The second-order valence-corrected chi connectivity index (χ2v) is 2.89. The van der Waals surface area contributed by atoms with Crippen molar-refractivity contribution in [2.45, 2.75) is 6.54 Å². The van der Waals surface area contributed by atoms with Gasteiger partial charge >= 0.3 is 6.03 Å². The lowest BCUT2D eigenvalue weighted by atomic mass is 10.2. The minimum Gasteiger partial charge on any atom is -0.333 e. The number of carbonyl (C=O) groups is 1. The minimum atomic E-state index is -0.407. The Labute approximate surface area is 81.0 Å². The molecule has 1 aromatic rings. The van der Waals surface area contributed by atoms with Crippen molar-refractivity contribution in [3.05, 3.63) is 34.9 Å². The number of amides is 2. The summed E-state index contributed by atoms with van der Waals surface area (Å²) >= 11 is 5.68. The molecule has 0 aromatic heterocycles. The molecule has 0 spiro atoms. The fourth-order valence-electron chi connectivity index (χ4n) is 0.836. The Hall–Kier alpha value is -1.26. The molecule has 70 valence electrons. The highest BCUT2D eigenvalue weighted by atomic mass is 35.5. The number of halogens is 1. The summed E-state index contributed by atoms with van der Waals surface area (Å²) in [6, 6.07) is 6.78. The second-order valence-electron chi connectivity index (χ2n) is 2.45. The van der Waals surface area contributed by atoms with E-state index in [9.17, 15) is 4.79 Å². The zero-order chi connectivity index (χ0) is 9.68. The number of carbonyl (C=O) groups excluding carboxylic acids is 1. The molecule has 0 heterocycles. The van der Waals surface area contributed by atoms with Crippen molar-refractivity contribution in [1.29, 1.82) is 0 Å². The summed E-state index contributed by atoms with van der Waals surface area (Å²) in [6.45, 7) is 0.431. The van der Waals surface area contributed by atoms with Crippen molar-refractivity contribution in [1.82, 2.24) is 10.7 Å². The van der Waals surface area contributed by atoms with Crippen molar-refractivity contribution in [2.24, 2.45) is 5.84 Å². The minimum absolute atomic E-state index is 0.407. The first-order chi connectivity index (χ1) is 6.22. The molecule has 4 N–H and O–H groups in total. The molecule has 0 saturated carbocycles. The number of hydrogen-bond donors (Lipinski definition) is 3. The molecular weight excluding hydrogens is 190 g/mol. The molecule has 2 amide bonds. The number of hydrogen-bond acceptors (Lipinski definition) is 2. The molecule has 0 radical (unpaired) electrons. The van der Waals surface area contributed by atoms with Crippen molar-refractivity contribution in [2.75, 3.05) is 0 Å². The van der Waals surface area contributed by atoms with Gasteiger partial charge in [-0.05, 0) is 17.7 Å². The van der Waals surface area contributed by atoms with Crippen molar-refractivity contribution in [3.8, 4) is 0 Å². The van der Waals surface area contributed by atoms with Gasteiger partial charge in [-0.25, -0.2) is 10.6 Å². The van der Waals surface area contributed by atoms with E-state index in [-0.39, 0.29) is 0 Å². The second kappa shape index (κ2) is 4.69. The summed E-state index contributed by atoms with van der Waals surface area (Å²) in [7, 11) is 0. The first-order valence-corrected chi connectivity index (χ1v) is 4.09. The third-order valence-electron chi connectivity index (χ3n) is 1.50. The maximum Gasteiger partial charge on any atom is 0.329 e. The van der Waals surface area contributed by atoms with Gasteiger partial charge in [0.25, 0.3) is 0 Å². The fourth-order valence-corrected chi connectivity index (χ4v) is 0.962. The monoisotopic (exact) mass is 199 g/mol. The van der Waals surface area contributed by atoms with Crippen LogP contribution in [0.4, 0.5) is 4.79 Å². The van der Waals surface area contributed by atoms with E-state index >= 15 is 0 Å². The van der Waals surface area contributed by atoms with Gasteiger partial charge in [-0.1, -0.05) is 23.7 Å². The summed E-state index contributed by atoms with van der Waals surface area (Å²) in [4.78, 5) is 10.7. The van der Waals surface area contributed by atoms with Crippen molar-refractivity contribution < 1.29 is 4.79 Å². The Morgan fingerprint density at radius 1 is 1.38 bits per heavy atom. The summed E-state index contributed by atoms with van der Waals surface area (Å²) in [5.74, 6) is 4.88. The molecule has 1 rings (SSSR count). The average Bonchev–Trinajstić information content (AvgIpc) is 2.16. The normalized spacial score (nSPS) is 9.38. The van der Waals surface area contributed by atoms with Crippen LogP contribution in [0.25, 0.3) is 0 Å². The molecule has 13 heavy (non-hydrogen) atoms. The van der Waals surface area contributed by atoms with Crippen LogP contribution in [0.2, 0.25) is 5.02 Å². The lowest BCUT2D eigenvalue weighted by Gasteiger charge is -2.03. The van der Waals surface area contributed by atoms with E-state index in [1.54, 1.807) is 12.1 Å². The first-order valence-electron chi connectivity index (χ1n) is 3.71. The third kappa shape index (κ3) is 3.31. The molecule has 0 aliphatic rings. The summed E-state index contributed by atoms with van der Waals surface area (Å²) in [5.41, 5.74) is 2.94. The number of hydrazine groups is 1. The predicted molar refractivity (Wildman–Crippen MR) is 51.0 cm³/mol.